The molecule has 242 valence electrons. The molecule has 47 heavy (non-hydrogen) atoms. The van der Waals surface area contributed by atoms with Crippen molar-refractivity contribution in [3.8, 4) is 10.8 Å². The number of nitrogens with one attached hydrogen (secondary N) is 2. The minimum absolute atomic E-state index is 0.0779. The molecule has 10 nitrogen and oxygen atoms in total. The first-order valence-electron chi connectivity index (χ1n) is 15.0. The molecule has 0 spiro atoms. The van der Waals surface area contributed by atoms with Gasteiger partial charge >= 0.3 is 0 Å². The first-order chi connectivity index (χ1) is 22.5. The number of carbonyl (C=O) groups excluding carboxylic acids is 3. The van der Waals surface area contributed by atoms with E-state index in [2.05, 4.69) is 34.7 Å². The van der Waals surface area contributed by atoms with Crippen LogP contribution in [0.3, 0.4) is 0 Å². The highest BCUT2D eigenvalue weighted by Crippen LogP contribution is 2.39. The number of allylic oxidation sites excluding steroid dienone is 1. The Morgan fingerprint density at radius 1 is 1.00 bits per heavy atom. The van der Waals surface area contributed by atoms with Crippen LogP contribution in [0.5, 0.6) is 5.75 Å². The predicted octanol–water partition coefficient (Wildman–Crippen LogP) is 6.05. The highest BCUT2D eigenvalue weighted by Gasteiger charge is 2.35. The van der Waals surface area contributed by atoms with E-state index < -0.39 is 17.7 Å². The second-order valence-corrected chi connectivity index (χ2v) is 13.6. The number of aromatic nitrogens is 3. The number of ketones is 1. The number of aryl methyl sites for hydroxylation is 2. The van der Waals surface area contributed by atoms with Crippen molar-refractivity contribution in [3.63, 3.8) is 0 Å². The number of ether oxygens (including phenoxy) is 1. The molecule has 2 amide bonds. The molecule has 1 atom stereocenters. The molecule has 1 saturated carbocycles. The van der Waals surface area contributed by atoms with Crippen molar-refractivity contribution in [2.45, 2.75) is 58.2 Å². The number of hydrogen-bond acceptors (Lipinski definition) is 8. The second kappa shape index (κ2) is 13.4. The molecular formula is C34H32Cl2N6O4S. The molecule has 0 radical (unpaired) electrons. The first-order valence-corrected chi connectivity index (χ1v) is 16.6. The van der Waals surface area contributed by atoms with E-state index in [1.807, 2.05) is 35.8 Å². The molecule has 2 aliphatic rings. The molecule has 0 bridgehead atoms. The Balaban J connectivity index is 1.10. The summed E-state index contributed by atoms with van der Waals surface area (Å²) in [5.41, 5.74) is 4.08. The van der Waals surface area contributed by atoms with Gasteiger partial charge in [0.25, 0.3) is 0 Å². The quantitative estimate of drug-likeness (QED) is 0.163. The number of nitrogens with zero attached hydrogens (tertiary/aromatic N) is 4. The van der Waals surface area contributed by atoms with Crippen molar-refractivity contribution in [2.24, 2.45) is 4.99 Å². The third kappa shape index (κ3) is 6.74. The lowest BCUT2D eigenvalue weighted by Crippen LogP contribution is -2.53. The van der Waals surface area contributed by atoms with Crippen molar-refractivity contribution in [1.29, 1.82) is 0 Å². The number of benzene rings is 2. The number of rotatable bonds is 9. The Morgan fingerprint density at radius 3 is 2.43 bits per heavy atom. The molecule has 6 rings (SSSR count). The van der Waals surface area contributed by atoms with Crippen LogP contribution in [0.4, 0.5) is 0 Å². The van der Waals surface area contributed by atoms with Crippen molar-refractivity contribution in [3.05, 3.63) is 103 Å². The summed E-state index contributed by atoms with van der Waals surface area (Å²) in [6.45, 7) is 6.07. The Bertz CT molecular complexity index is 1940. The van der Waals surface area contributed by atoms with Crippen molar-refractivity contribution < 1.29 is 19.1 Å². The Hall–Kier alpha value is -4.32. The smallest absolute Gasteiger partial charge is 0.244 e. The maximum absolute atomic E-state index is 13.4. The van der Waals surface area contributed by atoms with Gasteiger partial charge in [0.2, 0.25) is 11.8 Å². The van der Waals surface area contributed by atoms with Gasteiger partial charge in [0.15, 0.2) is 11.6 Å². The molecule has 4 aromatic rings. The third-order valence-corrected chi connectivity index (χ3v) is 10.2. The Kier molecular flexibility index (Phi) is 9.32. The maximum atomic E-state index is 13.4. The van der Waals surface area contributed by atoms with Gasteiger partial charge in [0, 0.05) is 44.7 Å². The van der Waals surface area contributed by atoms with E-state index in [1.54, 1.807) is 29.5 Å². The molecule has 0 saturated heterocycles. The van der Waals surface area contributed by atoms with E-state index in [9.17, 15) is 14.4 Å². The summed E-state index contributed by atoms with van der Waals surface area (Å²) in [6, 6.07) is 11.5. The molecule has 2 N–H and O–H groups in total. The minimum atomic E-state index is -0.571. The highest BCUT2D eigenvalue weighted by atomic mass is 35.5. The van der Waals surface area contributed by atoms with Crippen molar-refractivity contribution in [2.75, 3.05) is 7.11 Å². The van der Waals surface area contributed by atoms with E-state index in [1.165, 1.54) is 24.1 Å². The first kappa shape index (κ1) is 32.6. The lowest BCUT2D eigenvalue weighted by molar-refractivity contribution is -0.123. The summed E-state index contributed by atoms with van der Waals surface area (Å²) < 4.78 is 7.12. The van der Waals surface area contributed by atoms with Gasteiger partial charge in [0.1, 0.15) is 22.6 Å². The van der Waals surface area contributed by atoms with Gasteiger partial charge < -0.3 is 15.4 Å². The van der Waals surface area contributed by atoms with Crippen LogP contribution in [0.1, 0.15) is 68.9 Å². The zero-order valence-corrected chi connectivity index (χ0v) is 28.5. The summed E-state index contributed by atoms with van der Waals surface area (Å²) >= 11 is 14.0. The largest absolute Gasteiger partial charge is 0.497 e. The van der Waals surface area contributed by atoms with E-state index in [4.69, 9.17) is 32.9 Å². The zero-order valence-electron chi connectivity index (χ0n) is 26.1. The number of carbonyl (C=O) groups is 3. The van der Waals surface area contributed by atoms with Gasteiger partial charge in [-0.25, -0.2) is 0 Å². The third-order valence-electron chi connectivity index (χ3n) is 8.41. The van der Waals surface area contributed by atoms with Gasteiger partial charge in [-0.15, -0.1) is 21.5 Å². The summed E-state index contributed by atoms with van der Waals surface area (Å²) in [4.78, 5) is 44.7. The molecule has 2 aromatic heterocycles. The fourth-order valence-electron chi connectivity index (χ4n) is 5.76. The van der Waals surface area contributed by atoms with Crippen molar-refractivity contribution >= 4 is 57.8 Å². The number of methoxy groups -OCH3 is 1. The van der Waals surface area contributed by atoms with Crippen LogP contribution >= 0.6 is 34.5 Å². The van der Waals surface area contributed by atoms with Gasteiger partial charge in [-0.3, -0.25) is 23.9 Å². The average molecular weight is 692 g/mol. The topological polar surface area (TPSA) is 128 Å². The molecular weight excluding hydrogens is 659 g/mol. The molecule has 13 heteroatoms. The molecule has 2 aromatic carbocycles. The van der Waals surface area contributed by atoms with Gasteiger partial charge in [-0.05, 0) is 75.6 Å². The second-order valence-electron chi connectivity index (χ2n) is 11.6. The summed E-state index contributed by atoms with van der Waals surface area (Å²) in [6.07, 6.45) is 3.60. The zero-order chi connectivity index (χ0) is 33.4. The lowest BCUT2D eigenvalue weighted by atomic mass is 9.86. The van der Waals surface area contributed by atoms with E-state index in [0.29, 0.717) is 29.4 Å². The monoisotopic (exact) mass is 690 g/mol. The van der Waals surface area contributed by atoms with Crippen LogP contribution in [-0.4, -0.2) is 57.3 Å². The standard InChI is InChI=1S/C34H32Cl2N6O4S/c1-17-18(2)47-34-31(17)32(20-5-7-21(35)8-6-20)39-27(33-41-40-19(3)42(33)34)16-30(45)38-23-13-22(14-23)37-29(44)12-11-28(43)25-10-9-24(46-4)15-26(25)36/h5-12,15,22-23,27H,13-14,16H2,1-4H3,(H,37,44)(H,38,45)/b12-11+/t22-,23-,27-/m0/s1. The van der Waals surface area contributed by atoms with Crippen molar-refractivity contribution in [1.82, 2.24) is 25.4 Å². The Labute approximate surface area is 285 Å². The SMILES string of the molecule is COc1ccc(C(=O)/C=C/C(=O)N[C@H]2C[C@H](NC(=O)C[C@@H]3N=C(c4ccc(Cl)cc4)c4c(sc(C)c4C)-n4c(C)nnc43)C2)c(Cl)c1. The number of amides is 2. The molecule has 1 aliphatic carbocycles. The summed E-state index contributed by atoms with van der Waals surface area (Å²) in [7, 11) is 1.51. The average Bonchev–Trinajstić information content (AvgIpc) is 3.50. The van der Waals surface area contributed by atoms with Gasteiger partial charge in [0.05, 0.1) is 24.3 Å². The fraction of sp³-hybridized carbons (Fsp3) is 0.294. The minimum Gasteiger partial charge on any atom is -0.497 e. The van der Waals surface area contributed by atoms with E-state index in [-0.39, 0.29) is 35.0 Å². The predicted molar refractivity (Wildman–Crippen MR) is 182 cm³/mol. The fourth-order valence-corrected chi connectivity index (χ4v) is 7.36. The molecule has 3 heterocycles. The lowest BCUT2D eigenvalue weighted by Gasteiger charge is -2.36. The number of fused-ring (bicyclic) bond motifs is 3. The molecule has 0 unspecified atom stereocenters. The molecule has 1 aliphatic heterocycles. The van der Waals surface area contributed by atoms with Crippen LogP contribution in [0.2, 0.25) is 10.0 Å². The molecule has 1 fully saturated rings. The number of thiophene rings is 1. The van der Waals surface area contributed by atoms with Gasteiger partial charge in [-0.1, -0.05) is 35.3 Å². The number of hydrogen-bond donors (Lipinski definition) is 2. The normalized spacial score (nSPS) is 18.4. The number of aliphatic imine (C=N–C) groups is 1. The van der Waals surface area contributed by atoms with Gasteiger partial charge in [-0.2, -0.15) is 0 Å². The summed E-state index contributed by atoms with van der Waals surface area (Å²) in [5, 5.41) is 16.6. The van der Waals surface area contributed by atoms with E-state index >= 15 is 0 Å². The van der Waals surface area contributed by atoms with Crippen LogP contribution < -0.4 is 15.4 Å². The van der Waals surface area contributed by atoms with Crippen LogP contribution in [0, 0.1) is 20.8 Å². The van der Waals surface area contributed by atoms with E-state index in [0.717, 1.165) is 33.2 Å². The van der Waals surface area contributed by atoms with Crippen LogP contribution in [0.25, 0.3) is 5.00 Å². The van der Waals surface area contributed by atoms with Crippen LogP contribution in [0.15, 0.2) is 59.6 Å². The highest BCUT2D eigenvalue weighted by molar-refractivity contribution is 7.15. The van der Waals surface area contributed by atoms with Crippen LogP contribution in [-0.2, 0) is 9.59 Å². The maximum Gasteiger partial charge on any atom is 0.244 e. The number of halogens is 2. The summed E-state index contributed by atoms with van der Waals surface area (Å²) in [5.74, 6) is 0.911. The Morgan fingerprint density at radius 2 is 1.72 bits per heavy atom.